The largest absolute Gasteiger partial charge is 0.362 e. The van der Waals surface area contributed by atoms with Crippen molar-refractivity contribution in [2.24, 2.45) is 0 Å². The maximum absolute atomic E-state index is 12.9. The number of hydrogen-bond donors (Lipinski definition) is 3. The highest BCUT2D eigenvalue weighted by molar-refractivity contribution is 7.15. The molecule has 0 bridgehead atoms. The van der Waals surface area contributed by atoms with Gasteiger partial charge in [-0.2, -0.15) is 5.26 Å². The van der Waals surface area contributed by atoms with Crippen molar-refractivity contribution >= 4 is 39.7 Å². The van der Waals surface area contributed by atoms with Crippen LogP contribution in [0.5, 0.6) is 0 Å². The highest BCUT2D eigenvalue weighted by Gasteiger charge is 2.18. The van der Waals surface area contributed by atoms with E-state index in [1.54, 1.807) is 36.4 Å². The average molecular weight is 475 g/mol. The fourth-order valence-corrected chi connectivity index (χ4v) is 4.77. The van der Waals surface area contributed by atoms with Crippen molar-refractivity contribution in [2.45, 2.75) is 26.3 Å². The van der Waals surface area contributed by atoms with E-state index in [9.17, 15) is 9.59 Å². The minimum absolute atomic E-state index is 0.127. The number of rotatable bonds is 8. The number of carbonyl (C=O) groups is 2. The molecular formula is C25H26N6O2S. The molecule has 0 saturated heterocycles. The van der Waals surface area contributed by atoms with Crippen LogP contribution in [0, 0.1) is 11.3 Å². The van der Waals surface area contributed by atoms with Gasteiger partial charge in [-0.1, -0.05) is 19.1 Å². The number of amides is 2. The molecule has 0 saturated carbocycles. The summed E-state index contributed by atoms with van der Waals surface area (Å²) in [6, 6.07) is 16.1. The normalized spacial score (nSPS) is 12.4. The monoisotopic (exact) mass is 474 g/mol. The first kappa shape index (κ1) is 23.4. The molecule has 1 aliphatic heterocycles. The Morgan fingerprint density at radius 2 is 2.06 bits per heavy atom. The Bertz CT molecular complexity index is 1210. The molecule has 1 aromatic heterocycles. The number of aromatic nitrogens is 1. The van der Waals surface area contributed by atoms with Crippen molar-refractivity contribution < 1.29 is 9.59 Å². The molecule has 0 aliphatic carbocycles. The molecule has 34 heavy (non-hydrogen) atoms. The Balaban J connectivity index is 1.44. The van der Waals surface area contributed by atoms with Gasteiger partial charge >= 0.3 is 0 Å². The van der Waals surface area contributed by atoms with Crippen molar-refractivity contribution in [3.05, 3.63) is 70.2 Å². The molecule has 0 fully saturated rings. The molecule has 3 aromatic rings. The summed E-state index contributed by atoms with van der Waals surface area (Å²) in [5.41, 5.74) is 3.41. The van der Waals surface area contributed by atoms with Gasteiger partial charge in [0.05, 0.1) is 23.9 Å². The second-order valence-electron chi connectivity index (χ2n) is 7.98. The molecular weight excluding hydrogens is 448 g/mol. The summed E-state index contributed by atoms with van der Waals surface area (Å²) in [6.45, 7) is 4.51. The SMILES string of the molecule is CCCN(CC(=O)Nc1cccc(C#N)c1)c1cccc(C(=O)Nc2nc3c(s2)CNCC3)c1. The van der Waals surface area contributed by atoms with Gasteiger partial charge in [0, 0.05) is 47.9 Å². The minimum atomic E-state index is -0.227. The third kappa shape index (κ3) is 5.78. The number of benzene rings is 2. The smallest absolute Gasteiger partial charge is 0.257 e. The van der Waals surface area contributed by atoms with E-state index in [1.807, 2.05) is 24.0 Å². The van der Waals surface area contributed by atoms with E-state index in [-0.39, 0.29) is 18.4 Å². The van der Waals surface area contributed by atoms with Gasteiger partial charge in [0.1, 0.15) is 0 Å². The Kier molecular flexibility index (Phi) is 7.52. The topological polar surface area (TPSA) is 110 Å². The fourth-order valence-electron chi connectivity index (χ4n) is 3.80. The molecule has 0 radical (unpaired) electrons. The molecule has 8 nitrogen and oxygen atoms in total. The van der Waals surface area contributed by atoms with Crippen molar-refractivity contribution in [2.75, 3.05) is 35.2 Å². The number of hydrogen-bond acceptors (Lipinski definition) is 7. The molecule has 2 amide bonds. The first-order valence-corrected chi connectivity index (χ1v) is 12.0. The minimum Gasteiger partial charge on any atom is -0.362 e. The third-order valence-electron chi connectivity index (χ3n) is 5.40. The summed E-state index contributed by atoms with van der Waals surface area (Å²) in [5, 5.41) is 18.7. The van der Waals surface area contributed by atoms with Crippen LogP contribution in [-0.2, 0) is 17.8 Å². The van der Waals surface area contributed by atoms with Crippen LogP contribution in [0.15, 0.2) is 48.5 Å². The van der Waals surface area contributed by atoms with Gasteiger partial charge in [-0.15, -0.1) is 11.3 Å². The second kappa shape index (κ2) is 10.9. The van der Waals surface area contributed by atoms with Gasteiger partial charge in [-0.05, 0) is 42.8 Å². The van der Waals surface area contributed by atoms with Crippen molar-refractivity contribution in [3.63, 3.8) is 0 Å². The van der Waals surface area contributed by atoms with E-state index in [2.05, 4.69) is 27.0 Å². The third-order valence-corrected chi connectivity index (χ3v) is 6.41. The van der Waals surface area contributed by atoms with Crippen LogP contribution in [0.4, 0.5) is 16.5 Å². The van der Waals surface area contributed by atoms with E-state index >= 15 is 0 Å². The number of nitrogens with one attached hydrogen (secondary N) is 3. The zero-order valence-corrected chi connectivity index (χ0v) is 19.7. The number of fused-ring (bicyclic) bond motifs is 1. The van der Waals surface area contributed by atoms with E-state index in [1.165, 1.54) is 11.3 Å². The highest BCUT2D eigenvalue weighted by atomic mass is 32.1. The lowest BCUT2D eigenvalue weighted by atomic mass is 10.1. The molecule has 1 aliphatic rings. The number of thiazole rings is 1. The van der Waals surface area contributed by atoms with Crippen LogP contribution in [0.3, 0.4) is 0 Å². The standard InChI is InChI=1S/C25H26N6O2S/c1-2-11-31(16-23(32)28-19-7-3-5-17(12-19)14-26)20-8-4-6-18(13-20)24(33)30-25-29-21-9-10-27-15-22(21)34-25/h3-8,12-13,27H,2,9-11,15-16H2,1H3,(H,28,32)(H,29,30,33). The zero-order valence-electron chi connectivity index (χ0n) is 18.9. The van der Waals surface area contributed by atoms with Crippen LogP contribution in [0.25, 0.3) is 0 Å². The van der Waals surface area contributed by atoms with Crippen LogP contribution < -0.4 is 20.9 Å². The quantitative estimate of drug-likeness (QED) is 0.458. The molecule has 9 heteroatoms. The van der Waals surface area contributed by atoms with Crippen LogP contribution in [-0.4, -0.2) is 36.4 Å². The summed E-state index contributed by atoms with van der Waals surface area (Å²) in [4.78, 5) is 33.3. The lowest BCUT2D eigenvalue weighted by Gasteiger charge is -2.24. The first-order chi connectivity index (χ1) is 16.6. The lowest BCUT2D eigenvalue weighted by molar-refractivity contribution is -0.115. The first-order valence-electron chi connectivity index (χ1n) is 11.2. The van der Waals surface area contributed by atoms with Gasteiger partial charge in [-0.25, -0.2) is 4.98 Å². The fraction of sp³-hybridized carbons (Fsp3) is 0.280. The van der Waals surface area contributed by atoms with Crippen molar-refractivity contribution in [1.29, 1.82) is 5.26 Å². The molecule has 0 atom stereocenters. The van der Waals surface area contributed by atoms with Gasteiger partial charge in [0.25, 0.3) is 5.91 Å². The van der Waals surface area contributed by atoms with Gasteiger partial charge < -0.3 is 15.5 Å². The summed E-state index contributed by atoms with van der Waals surface area (Å²) in [6.07, 6.45) is 1.71. The zero-order chi connectivity index (χ0) is 23.9. The summed E-state index contributed by atoms with van der Waals surface area (Å²) in [7, 11) is 0. The predicted octanol–water partition coefficient (Wildman–Crippen LogP) is 3.77. The molecule has 174 valence electrons. The van der Waals surface area contributed by atoms with Crippen molar-refractivity contribution in [3.8, 4) is 6.07 Å². The Labute approximate surface area is 202 Å². The molecule has 4 rings (SSSR count). The maximum atomic E-state index is 12.9. The molecule has 0 spiro atoms. The molecule has 3 N–H and O–H groups in total. The predicted molar refractivity (Wildman–Crippen MR) is 134 cm³/mol. The van der Waals surface area contributed by atoms with Gasteiger partial charge in [0.15, 0.2) is 5.13 Å². The average Bonchev–Trinajstić information content (AvgIpc) is 3.26. The maximum Gasteiger partial charge on any atom is 0.257 e. The van der Waals surface area contributed by atoms with E-state index < -0.39 is 0 Å². The molecule has 2 aromatic carbocycles. The van der Waals surface area contributed by atoms with Crippen molar-refractivity contribution in [1.82, 2.24) is 10.3 Å². The number of carbonyl (C=O) groups excluding carboxylic acids is 2. The molecule has 0 unspecified atom stereocenters. The second-order valence-corrected chi connectivity index (χ2v) is 9.07. The molecule has 2 heterocycles. The van der Waals surface area contributed by atoms with Crippen LogP contribution in [0.2, 0.25) is 0 Å². The lowest BCUT2D eigenvalue weighted by Crippen LogP contribution is -2.34. The highest BCUT2D eigenvalue weighted by Crippen LogP contribution is 2.26. The summed E-state index contributed by atoms with van der Waals surface area (Å²) < 4.78 is 0. The van der Waals surface area contributed by atoms with Crippen LogP contribution >= 0.6 is 11.3 Å². The van der Waals surface area contributed by atoms with Gasteiger partial charge in [0.2, 0.25) is 5.91 Å². The van der Waals surface area contributed by atoms with Crippen LogP contribution in [0.1, 0.15) is 39.8 Å². The van der Waals surface area contributed by atoms with Gasteiger partial charge in [-0.3, -0.25) is 14.9 Å². The summed E-state index contributed by atoms with van der Waals surface area (Å²) in [5.74, 6) is -0.421. The summed E-state index contributed by atoms with van der Waals surface area (Å²) >= 11 is 1.50. The Hall–Kier alpha value is -3.74. The Morgan fingerprint density at radius 3 is 2.85 bits per heavy atom. The number of nitrogens with zero attached hydrogens (tertiary/aromatic N) is 3. The van der Waals surface area contributed by atoms with E-state index in [4.69, 9.17) is 5.26 Å². The number of nitriles is 1. The van der Waals surface area contributed by atoms with E-state index in [0.29, 0.717) is 28.5 Å². The Morgan fingerprint density at radius 1 is 1.21 bits per heavy atom. The number of anilines is 3. The van der Waals surface area contributed by atoms with E-state index in [0.717, 1.165) is 42.2 Å².